The van der Waals surface area contributed by atoms with Crippen molar-refractivity contribution in [3.63, 3.8) is 0 Å². The summed E-state index contributed by atoms with van der Waals surface area (Å²) in [5.74, 6) is -0.468. The van der Waals surface area contributed by atoms with Crippen molar-refractivity contribution in [2.24, 2.45) is 16.9 Å². The monoisotopic (exact) mass is 213 g/mol. The number of hydrogen-bond donors (Lipinski definition) is 2. The lowest BCUT2D eigenvalue weighted by Crippen LogP contribution is -2.53. The summed E-state index contributed by atoms with van der Waals surface area (Å²) < 4.78 is 0. The molecule has 1 heterocycles. The van der Waals surface area contributed by atoms with Gasteiger partial charge in [0.2, 0.25) is 11.8 Å². The van der Waals surface area contributed by atoms with E-state index in [1.54, 1.807) is 18.7 Å². The molecule has 5 nitrogen and oxygen atoms in total. The topological polar surface area (TPSA) is 89.4 Å². The van der Waals surface area contributed by atoms with E-state index >= 15 is 0 Å². The fourth-order valence-corrected chi connectivity index (χ4v) is 1.68. The molecule has 15 heavy (non-hydrogen) atoms. The lowest BCUT2D eigenvalue weighted by atomic mass is 9.90. The van der Waals surface area contributed by atoms with Crippen LogP contribution in [0.1, 0.15) is 26.7 Å². The van der Waals surface area contributed by atoms with E-state index in [9.17, 15) is 9.59 Å². The van der Waals surface area contributed by atoms with Crippen LogP contribution in [0.2, 0.25) is 0 Å². The van der Waals surface area contributed by atoms with Gasteiger partial charge in [0.25, 0.3) is 0 Å². The summed E-state index contributed by atoms with van der Waals surface area (Å²) in [7, 11) is 0. The van der Waals surface area contributed by atoms with Gasteiger partial charge < -0.3 is 16.4 Å². The Hall–Kier alpha value is -1.10. The van der Waals surface area contributed by atoms with Gasteiger partial charge in [-0.1, -0.05) is 0 Å². The molecule has 0 spiro atoms. The van der Waals surface area contributed by atoms with E-state index in [1.165, 1.54) is 0 Å². The first-order valence-corrected chi connectivity index (χ1v) is 5.19. The zero-order valence-corrected chi connectivity index (χ0v) is 9.32. The number of nitrogens with two attached hydrogens (primary N) is 2. The van der Waals surface area contributed by atoms with Gasteiger partial charge in [0.05, 0.1) is 11.5 Å². The highest BCUT2D eigenvalue weighted by Gasteiger charge is 2.33. The number of nitrogens with zero attached hydrogens (tertiary/aromatic N) is 1. The molecule has 1 rings (SSSR count). The SMILES string of the molecule is CC(C)(CN1CCCC(N)C1=O)C(N)=O. The minimum atomic E-state index is -0.688. The van der Waals surface area contributed by atoms with E-state index in [2.05, 4.69) is 0 Å². The summed E-state index contributed by atoms with van der Waals surface area (Å²) in [6.07, 6.45) is 1.62. The molecule has 0 aromatic heterocycles. The third-order valence-corrected chi connectivity index (χ3v) is 2.83. The first-order chi connectivity index (χ1) is 6.84. The molecule has 0 saturated carbocycles. The third-order valence-electron chi connectivity index (χ3n) is 2.83. The Morgan fingerprint density at radius 1 is 1.60 bits per heavy atom. The van der Waals surface area contributed by atoms with Crippen LogP contribution in [0.15, 0.2) is 0 Å². The largest absolute Gasteiger partial charge is 0.369 e. The summed E-state index contributed by atoms with van der Waals surface area (Å²) >= 11 is 0. The van der Waals surface area contributed by atoms with E-state index in [0.717, 1.165) is 12.8 Å². The number of likely N-dealkylation sites (tertiary alicyclic amines) is 1. The summed E-state index contributed by atoms with van der Waals surface area (Å²) in [6.45, 7) is 4.50. The average molecular weight is 213 g/mol. The molecule has 0 aromatic rings. The second-order valence-corrected chi connectivity index (χ2v) is 4.76. The molecule has 1 atom stereocenters. The van der Waals surface area contributed by atoms with Crippen molar-refractivity contribution >= 4 is 11.8 Å². The number of amides is 2. The Bertz CT molecular complexity index is 276. The van der Waals surface area contributed by atoms with Crippen LogP contribution in [0.25, 0.3) is 0 Å². The number of piperidine rings is 1. The number of carbonyl (C=O) groups excluding carboxylic acids is 2. The fraction of sp³-hybridized carbons (Fsp3) is 0.800. The molecule has 1 unspecified atom stereocenters. The van der Waals surface area contributed by atoms with Crippen molar-refractivity contribution in [2.75, 3.05) is 13.1 Å². The molecule has 1 aliphatic heterocycles. The predicted molar refractivity (Wildman–Crippen MR) is 56.8 cm³/mol. The fourth-order valence-electron chi connectivity index (χ4n) is 1.68. The second kappa shape index (κ2) is 4.18. The predicted octanol–water partition coefficient (Wildman–Crippen LogP) is -0.552. The molecule has 0 aromatic carbocycles. The first kappa shape index (κ1) is 12.0. The standard InChI is InChI=1S/C10H19N3O2/c1-10(2,9(12)15)6-13-5-3-4-7(11)8(13)14/h7H,3-6,11H2,1-2H3,(H2,12,15). The molecule has 4 N–H and O–H groups in total. The Morgan fingerprint density at radius 2 is 2.20 bits per heavy atom. The lowest BCUT2D eigenvalue weighted by Gasteiger charge is -2.35. The Balaban J connectivity index is 2.65. The summed E-state index contributed by atoms with van der Waals surface area (Å²) in [4.78, 5) is 24.4. The summed E-state index contributed by atoms with van der Waals surface area (Å²) in [5.41, 5.74) is 10.2. The maximum absolute atomic E-state index is 11.7. The molecule has 1 saturated heterocycles. The maximum Gasteiger partial charge on any atom is 0.239 e. The zero-order chi connectivity index (χ0) is 11.6. The van der Waals surface area contributed by atoms with E-state index < -0.39 is 17.4 Å². The van der Waals surface area contributed by atoms with Crippen LogP contribution in [0, 0.1) is 5.41 Å². The van der Waals surface area contributed by atoms with Crippen LogP contribution in [0.4, 0.5) is 0 Å². The minimum absolute atomic E-state index is 0.0735. The van der Waals surface area contributed by atoms with Gasteiger partial charge in [-0.05, 0) is 26.7 Å². The molecule has 0 radical (unpaired) electrons. The average Bonchev–Trinajstić information content (AvgIpc) is 2.12. The van der Waals surface area contributed by atoms with E-state index in [1.807, 2.05) is 0 Å². The van der Waals surface area contributed by atoms with Crippen molar-refractivity contribution < 1.29 is 9.59 Å². The molecule has 0 aliphatic carbocycles. The summed E-state index contributed by atoms with van der Waals surface area (Å²) in [6, 6.07) is -0.414. The second-order valence-electron chi connectivity index (χ2n) is 4.76. The number of hydrogen-bond acceptors (Lipinski definition) is 3. The van der Waals surface area contributed by atoms with Crippen molar-refractivity contribution in [3.05, 3.63) is 0 Å². The zero-order valence-electron chi connectivity index (χ0n) is 9.32. The Labute approximate surface area is 89.8 Å². The Morgan fingerprint density at radius 3 is 2.73 bits per heavy atom. The van der Waals surface area contributed by atoms with Gasteiger partial charge in [0.15, 0.2) is 0 Å². The van der Waals surface area contributed by atoms with Crippen LogP contribution < -0.4 is 11.5 Å². The molecule has 1 fully saturated rings. The van der Waals surface area contributed by atoms with Crippen molar-refractivity contribution in [2.45, 2.75) is 32.7 Å². The van der Waals surface area contributed by atoms with Gasteiger partial charge in [-0.25, -0.2) is 0 Å². The van der Waals surface area contributed by atoms with Crippen molar-refractivity contribution in [1.29, 1.82) is 0 Å². The van der Waals surface area contributed by atoms with E-state index in [0.29, 0.717) is 13.1 Å². The molecular formula is C10H19N3O2. The maximum atomic E-state index is 11.7. The van der Waals surface area contributed by atoms with E-state index in [4.69, 9.17) is 11.5 Å². The van der Waals surface area contributed by atoms with Gasteiger partial charge in [-0.2, -0.15) is 0 Å². The minimum Gasteiger partial charge on any atom is -0.369 e. The normalized spacial score (nSPS) is 23.0. The lowest BCUT2D eigenvalue weighted by molar-refractivity contribution is -0.138. The van der Waals surface area contributed by atoms with Crippen LogP contribution in [-0.2, 0) is 9.59 Å². The molecule has 86 valence electrons. The highest BCUT2D eigenvalue weighted by molar-refractivity contribution is 5.84. The van der Waals surface area contributed by atoms with Gasteiger partial charge in [-0.15, -0.1) is 0 Å². The molecule has 0 bridgehead atoms. The van der Waals surface area contributed by atoms with E-state index in [-0.39, 0.29) is 5.91 Å². The molecule has 2 amide bonds. The van der Waals surface area contributed by atoms with Crippen LogP contribution in [0.3, 0.4) is 0 Å². The first-order valence-electron chi connectivity index (χ1n) is 5.19. The molecule has 1 aliphatic rings. The van der Waals surface area contributed by atoms with Crippen LogP contribution >= 0.6 is 0 Å². The van der Waals surface area contributed by atoms with Crippen LogP contribution in [0.5, 0.6) is 0 Å². The summed E-state index contributed by atoms with van der Waals surface area (Å²) in [5, 5.41) is 0. The molecule has 5 heteroatoms. The third kappa shape index (κ3) is 2.68. The quantitative estimate of drug-likeness (QED) is 0.659. The van der Waals surface area contributed by atoms with Gasteiger partial charge in [-0.3, -0.25) is 9.59 Å². The van der Waals surface area contributed by atoms with Gasteiger partial charge in [0, 0.05) is 13.1 Å². The number of rotatable bonds is 3. The van der Waals surface area contributed by atoms with Gasteiger partial charge in [0.1, 0.15) is 0 Å². The number of primary amides is 1. The van der Waals surface area contributed by atoms with Crippen LogP contribution in [-0.4, -0.2) is 35.8 Å². The number of carbonyl (C=O) groups is 2. The Kier molecular flexibility index (Phi) is 3.34. The highest BCUT2D eigenvalue weighted by atomic mass is 16.2. The molecular weight excluding hydrogens is 194 g/mol. The van der Waals surface area contributed by atoms with Crippen molar-refractivity contribution in [3.8, 4) is 0 Å². The van der Waals surface area contributed by atoms with Gasteiger partial charge >= 0.3 is 0 Å². The smallest absolute Gasteiger partial charge is 0.239 e. The van der Waals surface area contributed by atoms with Crippen molar-refractivity contribution in [1.82, 2.24) is 4.90 Å². The highest BCUT2D eigenvalue weighted by Crippen LogP contribution is 2.19.